The molecule has 0 atom stereocenters. The Kier molecular flexibility index (Phi) is 6.74. The molecule has 2 heterocycles. The molecule has 0 radical (unpaired) electrons. The second kappa shape index (κ2) is 9.25. The summed E-state index contributed by atoms with van der Waals surface area (Å²) in [7, 11) is 3.07. The van der Waals surface area contributed by atoms with Gasteiger partial charge in [0.25, 0.3) is 0 Å². The molecule has 1 N–H and O–H groups in total. The van der Waals surface area contributed by atoms with E-state index in [4.69, 9.17) is 21.7 Å². The Hall–Kier alpha value is -2.32. The minimum absolute atomic E-state index is 0.343. The number of hydrogen-bond acceptors (Lipinski definition) is 6. The van der Waals surface area contributed by atoms with Crippen molar-refractivity contribution in [3.05, 3.63) is 40.8 Å². The lowest BCUT2D eigenvalue weighted by molar-refractivity contribution is 0.0602. The first-order valence-corrected chi connectivity index (χ1v) is 10.4. The van der Waals surface area contributed by atoms with Gasteiger partial charge in [-0.2, -0.15) is 0 Å². The average Bonchev–Trinajstić information content (AvgIpc) is 3.16. The number of anilines is 2. The zero-order chi connectivity index (χ0) is 20.1. The van der Waals surface area contributed by atoms with Crippen LogP contribution in [-0.2, 0) is 11.2 Å². The Morgan fingerprint density at radius 2 is 1.96 bits per heavy atom. The van der Waals surface area contributed by atoms with E-state index in [1.54, 1.807) is 18.4 Å². The van der Waals surface area contributed by atoms with Gasteiger partial charge < -0.3 is 24.6 Å². The maximum absolute atomic E-state index is 12.0. The molecule has 0 amide bonds. The van der Waals surface area contributed by atoms with Crippen molar-refractivity contribution in [1.29, 1.82) is 0 Å². The number of nitrogens with zero attached hydrogens (tertiary/aromatic N) is 2. The van der Waals surface area contributed by atoms with Crippen LogP contribution in [0.15, 0.2) is 30.3 Å². The van der Waals surface area contributed by atoms with Gasteiger partial charge >= 0.3 is 5.97 Å². The first-order valence-electron chi connectivity index (χ1n) is 9.21. The molecule has 28 heavy (non-hydrogen) atoms. The van der Waals surface area contributed by atoms with E-state index in [1.165, 1.54) is 7.11 Å². The number of thiophene rings is 1. The quantitative estimate of drug-likeness (QED) is 0.587. The number of esters is 1. The molecule has 1 aliphatic heterocycles. The van der Waals surface area contributed by atoms with Gasteiger partial charge in [-0.1, -0.05) is 13.0 Å². The van der Waals surface area contributed by atoms with E-state index in [9.17, 15) is 4.79 Å². The lowest BCUT2D eigenvalue weighted by atomic mass is 10.2. The van der Waals surface area contributed by atoms with Gasteiger partial charge in [-0.3, -0.25) is 0 Å². The van der Waals surface area contributed by atoms with Crippen LogP contribution in [-0.4, -0.2) is 56.4 Å². The molecule has 0 bridgehead atoms. The summed E-state index contributed by atoms with van der Waals surface area (Å²) in [6, 6.07) is 9.97. The number of methoxy groups -OCH3 is 2. The smallest absolute Gasteiger partial charge is 0.340 e. The van der Waals surface area contributed by atoms with Gasteiger partial charge in [-0.05, 0) is 36.8 Å². The minimum Gasteiger partial charge on any atom is -0.497 e. The van der Waals surface area contributed by atoms with E-state index in [0.29, 0.717) is 10.7 Å². The number of rotatable bonds is 5. The number of carbonyl (C=O) groups excluding carboxylic acids is 1. The number of thiocarbonyl (C=S) groups is 1. The van der Waals surface area contributed by atoms with Crippen molar-refractivity contribution in [2.24, 2.45) is 0 Å². The summed E-state index contributed by atoms with van der Waals surface area (Å²) < 4.78 is 10.2. The summed E-state index contributed by atoms with van der Waals surface area (Å²) in [5.74, 6) is 0.515. The fourth-order valence-corrected chi connectivity index (χ4v) is 4.45. The molecular weight excluding hydrogens is 394 g/mol. The third-order valence-electron chi connectivity index (χ3n) is 4.74. The molecule has 8 heteroatoms. The number of aryl methyl sites for hydroxylation is 1. The highest BCUT2D eigenvalue weighted by Gasteiger charge is 2.22. The first kappa shape index (κ1) is 20.4. The molecule has 3 rings (SSSR count). The number of carbonyl (C=O) groups is 1. The van der Waals surface area contributed by atoms with Gasteiger partial charge in [0.2, 0.25) is 0 Å². The van der Waals surface area contributed by atoms with E-state index in [2.05, 4.69) is 28.1 Å². The first-order chi connectivity index (χ1) is 13.5. The summed E-state index contributed by atoms with van der Waals surface area (Å²) in [5.41, 5.74) is 1.69. The molecule has 0 unspecified atom stereocenters. The molecule has 6 nitrogen and oxygen atoms in total. The largest absolute Gasteiger partial charge is 0.497 e. The van der Waals surface area contributed by atoms with E-state index < -0.39 is 0 Å². The molecule has 0 saturated carbocycles. The highest BCUT2D eigenvalue weighted by atomic mass is 32.1. The van der Waals surface area contributed by atoms with Gasteiger partial charge in [0, 0.05) is 42.8 Å². The van der Waals surface area contributed by atoms with Gasteiger partial charge in [0.15, 0.2) is 5.11 Å². The van der Waals surface area contributed by atoms with Gasteiger partial charge in [0.05, 0.1) is 19.8 Å². The molecule has 1 aromatic heterocycles. The van der Waals surface area contributed by atoms with Crippen molar-refractivity contribution >= 4 is 45.3 Å². The van der Waals surface area contributed by atoms with Crippen LogP contribution in [0.5, 0.6) is 5.75 Å². The predicted octanol–water partition coefficient (Wildman–Crippen LogP) is 3.62. The maximum atomic E-state index is 12.0. The lowest BCUT2D eigenvalue weighted by Gasteiger charge is -2.37. The Labute approximate surface area is 175 Å². The summed E-state index contributed by atoms with van der Waals surface area (Å²) in [6.45, 7) is 5.41. The molecule has 2 aromatic rings. The third-order valence-corrected chi connectivity index (χ3v) is 6.30. The maximum Gasteiger partial charge on any atom is 0.340 e. The van der Waals surface area contributed by atoms with Gasteiger partial charge in [-0.15, -0.1) is 11.3 Å². The van der Waals surface area contributed by atoms with E-state index in [-0.39, 0.29) is 5.97 Å². The Morgan fingerprint density at radius 3 is 2.61 bits per heavy atom. The molecule has 0 spiro atoms. The van der Waals surface area contributed by atoms with E-state index >= 15 is 0 Å². The molecular formula is C20H25N3O3S2. The second-order valence-corrected chi connectivity index (χ2v) is 7.93. The van der Waals surface area contributed by atoms with Crippen LogP contribution in [0.2, 0.25) is 0 Å². The van der Waals surface area contributed by atoms with Crippen LogP contribution in [0.4, 0.5) is 10.7 Å². The zero-order valence-corrected chi connectivity index (χ0v) is 18.0. The number of benzene rings is 1. The Bertz CT molecular complexity index is 845. The summed E-state index contributed by atoms with van der Waals surface area (Å²) in [6.07, 6.45) is 0.863. The van der Waals surface area contributed by atoms with Crippen LogP contribution >= 0.6 is 23.6 Å². The van der Waals surface area contributed by atoms with Crippen LogP contribution in [0.25, 0.3) is 0 Å². The Balaban J connectivity index is 1.63. The molecule has 150 valence electrons. The SMILES string of the molecule is CCc1cc(C(=O)OC)c(NC(=S)N2CCN(c3cccc(OC)c3)CC2)s1. The van der Waals surface area contributed by atoms with Gasteiger partial charge in [-0.25, -0.2) is 4.79 Å². The topological polar surface area (TPSA) is 54.0 Å². The zero-order valence-electron chi connectivity index (χ0n) is 16.4. The van der Waals surface area contributed by atoms with E-state index in [1.807, 2.05) is 24.3 Å². The monoisotopic (exact) mass is 419 g/mol. The van der Waals surface area contributed by atoms with Crippen LogP contribution < -0.4 is 15.0 Å². The average molecular weight is 420 g/mol. The third kappa shape index (κ3) is 4.56. The molecule has 1 aromatic carbocycles. The van der Waals surface area contributed by atoms with Gasteiger partial charge in [0.1, 0.15) is 10.8 Å². The summed E-state index contributed by atoms with van der Waals surface area (Å²) in [4.78, 5) is 17.6. The van der Waals surface area contributed by atoms with Crippen molar-refractivity contribution < 1.29 is 14.3 Å². The highest BCUT2D eigenvalue weighted by molar-refractivity contribution is 7.80. The number of nitrogens with one attached hydrogen (secondary N) is 1. The van der Waals surface area contributed by atoms with Crippen molar-refractivity contribution in [2.75, 3.05) is 50.6 Å². The van der Waals surface area contributed by atoms with Crippen LogP contribution in [0.1, 0.15) is 22.2 Å². The van der Waals surface area contributed by atoms with Crippen molar-refractivity contribution in [3.8, 4) is 5.75 Å². The van der Waals surface area contributed by atoms with Crippen molar-refractivity contribution in [3.63, 3.8) is 0 Å². The second-order valence-electron chi connectivity index (χ2n) is 6.41. The minimum atomic E-state index is -0.343. The molecule has 0 aliphatic carbocycles. The van der Waals surface area contributed by atoms with Crippen LogP contribution in [0.3, 0.4) is 0 Å². The van der Waals surface area contributed by atoms with Crippen molar-refractivity contribution in [1.82, 2.24) is 4.90 Å². The number of piperazine rings is 1. The fraction of sp³-hybridized carbons (Fsp3) is 0.400. The Morgan fingerprint density at radius 1 is 1.21 bits per heavy atom. The predicted molar refractivity (Wildman–Crippen MR) is 118 cm³/mol. The lowest BCUT2D eigenvalue weighted by Crippen LogP contribution is -2.50. The number of hydrogen-bond donors (Lipinski definition) is 1. The summed E-state index contributed by atoms with van der Waals surface area (Å²) in [5, 5.41) is 4.65. The van der Waals surface area contributed by atoms with Crippen LogP contribution in [0, 0.1) is 0 Å². The molecule has 1 fully saturated rings. The standard InChI is InChI=1S/C20H25N3O3S2/c1-4-16-13-17(19(24)26-3)18(28-16)21-20(27)23-10-8-22(9-11-23)14-6-5-7-15(12-14)25-2/h5-7,12-13H,4,8-11H2,1-3H3,(H,21,27). The normalized spacial score (nSPS) is 14.0. The fourth-order valence-electron chi connectivity index (χ4n) is 3.12. The number of ether oxygens (including phenoxy) is 2. The summed E-state index contributed by atoms with van der Waals surface area (Å²) >= 11 is 7.16. The highest BCUT2D eigenvalue weighted by Crippen LogP contribution is 2.30. The molecule has 1 aliphatic rings. The molecule has 1 saturated heterocycles. The van der Waals surface area contributed by atoms with Crippen molar-refractivity contribution in [2.45, 2.75) is 13.3 Å². The van der Waals surface area contributed by atoms with E-state index in [0.717, 1.165) is 53.9 Å².